The van der Waals surface area contributed by atoms with Gasteiger partial charge in [-0.15, -0.1) is 0 Å². The Balaban J connectivity index is 0.000000572. The number of nitrogens with zero attached hydrogens (tertiary/aromatic N) is 2. The fourth-order valence-electron chi connectivity index (χ4n) is 3.48. The van der Waals surface area contributed by atoms with Gasteiger partial charge in [0, 0.05) is 26.2 Å². The van der Waals surface area contributed by atoms with Crippen molar-refractivity contribution in [3.8, 4) is 0 Å². The highest BCUT2D eigenvalue weighted by Crippen LogP contribution is 2.30. The van der Waals surface area contributed by atoms with Gasteiger partial charge in [-0.05, 0) is 50.2 Å². The van der Waals surface area contributed by atoms with E-state index < -0.39 is 28.1 Å². The summed E-state index contributed by atoms with van der Waals surface area (Å²) >= 11 is 0. The molecule has 13 heteroatoms. The van der Waals surface area contributed by atoms with Crippen molar-refractivity contribution in [3.05, 3.63) is 53.6 Å². The van der Waals surface area contributed by atoms with Crippen molar-refractivity contribution in [1.82, 2.24) is 4.90 Å². The number of halogens is 3. The smallest absolute Gasteiger partial charge is 0.478 e. The van der Waals surface area contributed by atoms with Crippen LogP contribution in [0.4, 0.5) is 24.5 Å². The van der Waals surface area contributed by atoms with Gasteiger partial charge < -0.3 is 15.1 Å². The molecule has 0 unspecified atom stereocenters. The summed E-state index contributed by atoms with van der Waals surface area (Å²) in [4.78, 5) is 24.9. The van der Waals surface area contributed by atoms with Crippen LogP contribution in [0.5, 0.6) is 0 Å². The first-order chi connectivity index (χ1) is 16.7. The first kappa shape index (κ1) is 28.9. The maximum absolute atomic E-state index is 12.9. The van der Waals surface area contributed by atoms with Crippen molar-refractivity contribution in [2.24, 2.45) is 0 Å². The molecule has 0 bridgehead atoms. The number of aryl methyl sites for hydroxylation is 1. The average molecular weight is 532 g/mol. The Labute approximate surface area is 207 Å². The summed E-state index contributed by atoms with van der Waals surface area (Å²) in [5.74, 6) is -3.85. The zero-order valence-corrected chi connectivity index (χ0v) is 20.6. The van der Waals surface area contributed by atoms with Crippen molar-refractivity contribution < 1.29 is 41.4 Å². The summed E-state index contributed by atoms with van der Waals surface area (Å²) in [5, 5.41) is 16.5. The van der Waals surface area contributed by atoms with Crippen LogP contribution in [0.25, 0.3) is 0 Å². The lowest BCUT2D eigenvalue weighted by Gasteiger charge is -2.37. The van der Waals surface area contributed by atoms with Gasteiger partial charge in [0.25, 0.3) is 10.0 Å². The fraction of sp³-hybridized carbons (Fsp3) is 0.391. The molecule has 2 aromatic carbocycles. The van der Waals surface area contributed by atoms with E-state index in [-0.39, 0.29) is 16.1 Å². The molecule has 2 aromatic rings. The first-order valence-electron chi connectivity index (χ1n) is 11.0. The maximum atomic E-state index is 12.9. The van der Waals surface area contributed by atoms with Crippen LogP contribution in [0, 0.1) is 6.92 Å². The summed E-state index contributed by atoms with van der Waals surface area (Å²) in [5.41, 5.74) is 1.98. The summed E-state index contributed by atoms with van der Waals surface area (Å²) in [6.07, 6.45) is -3.99. The van der Waals surface area contributed by atoms with Crippen LogP contribution in [0.2, 0.25) is 0 Å². The van der Waals surface area contributed by atoms with E-state index in [1.54, 1.807) is 30.3 Å². The van der Waals surface area contributed by atoms with E-state index in [4.69, 9.17) is 9.90 Å². The number of alkyl halides is 3. The Morgan fingerprint density at radius 1 is 1.00 bits per heavy atom. The molecule has 3 N–H and O–H groups in total. The van der Waals surface area contributed by atoms with Gasteiger partial charge in [-0.3, -0.25) is 9.62 Å². The lowest BCUT2D eigenvalue weighted by molar-refractivity contribution is -0.192. The quantitative estimate of drug-likeness (QED) is 0.494. The second-order valence-corrected chi connectivity index (χ2v) is 9.77. The molecule has 0 radical (unpaired) electrons. The molecule has 1 fully saturated rings. The number of nitrogens with one attached hydrogen (secondary N) is 1. The summed E-state index contributed by atoms with van der Waals surface area (Å²) in [6.45, 7) is 8.36. The molecular formula is C23H28F3N3O6S. The van der Waals surface area contributed by atoms with Crippen LogP contribution < -0.4 is 9.62 Å². The third-order valence-corrected chi connectivity index (χ3v) is 6.70. The van der Waals surface area contributed by atoms with Crippen LogP contribution in [0.1, 0.15) is 29.3 Å². The van der Waals surface area contributed by atoms with E-state index >= 15 is 0 Å². The number of rotatable bonds is 7. The van der Waals surface area contributed by atoms with Crippen molar-refractivity contribution in [2.75, 3.05) is 42.3 Å². The van der Waals surface area contributed by atoms with Gasteiger partial charge in [-0.2, -0.15) is 13.2 Å². The molecule has 1 heterocycles. The predicted molar refractivity (Wildman–Crippen MR) is 128 cm³/mol. The van der Waals surface area contributed by atoms with Gasteiger partial charge in [-0.25, -0.2) is 18.0 Å². The van der Waals surface area contributed by atoms with Crippen molar-refractivity contribution in [2.45, 2.75) is 31.3 Å². The van der Waals surface area contributed by atoms with E-state index in [9.17, 15) is 31.5 Å². The molecule has 0 saturated carbocycles. The lowest BCUT2D eigenvalue weighted by Crippen LogP contribution is -2.46. The number of sulfonamides is 1. The van der Waals surface area contributed by atoms with Gasteiger partial charge in [0.2, 0.25) is 0 Å². The minimum atomic E-state index is -5.08. The van der Waals surface area contributed by atoms with Crippen molar-refractivity contribution in [1.29, 1.82) is 0 Å². The molecule has 0 spiro atoms. The molecule has 36 heavy (non-hydrogen) atoms. The third-order valence-electron chi connectivity index (χ3n) is 5.31. The molecule has 0 atom stereocenters. The van der Waals surface area contributed by atoms with E-state index in [1.807, 2.05) is 6.92 Å². The van der Waals surface area contributed by atoms with Crippen LogP contribution in [0.15, 0.2) is 47.4 Å². The second-order valence-electron chi connectivity index (χ2n) is 8.09. The number of hydrogen-bond acceptors (Lipinski definition) is 6. The Morgan fingerprint density at radius 3 is 2.03 bits per heavy atom. The number of hydrogen-bond donors (Lipinski definition) is 3. The monoisotopic (exact) mass is 531 g/mol. The minimum absolute atomic E-state index is 0.0416. The van der Waals surface area contributed by atoms with Crippen molar-refractivity contribution in [3.63, 3.8) is 0 Å². The molecule has 1 saturated heterocycles. The highest BCUT2D eigenvalue weighted by Gasteiger charge is 2.38. The number of benzene rings is 2. The molecule has 198 valence electrons. The number of aliphatic carboxylic acids is 1. The fourth-order valence-corrected chi connectivity index (χ4v) is 4.54. The maximum Gasteiger partial charge on any atom is 0.490 e. The molecular weight excluding hydrogens is 503 g/mol. The third kappa shape index (κ3) is 8.12. The Hall–Kier alpha value is -3.32. The largest absolute Gasteiger partial charge is 0.490 e. The average Bonchev–Trinajstić information content (AvgIpc) is 2.79. The Morgan fingerprint density at radius 2 is 1.56 bits per heavy atom. The second kappa shape index (κ2) is 12.1. The molecule has 9 nitrogen and oxygen atoms in total. The molecule has 1 aliphatic heterocycles. The number of anilines is 2. The van der Waals surface area contributed by atoms with E-state index in [1.165, 1.54) is 12.1 Å². The van der Waals surface area contributed by atoms with E-state index in [0.29, 0.717) is 5.69 Å². The number of carboxylic acid groups (broad SMARTS) is 2. The Kier molecular flexibility index (Phi) is 9.70. The first-order valence-corrected chi connectivity index (χ1v) is 12.5. The minimum Gasteiger partial charge on any atom is -0.478 e. The van der Waals surface area contributed by atoms with Crippen LogP contribution in [-0.2, 0) is 14.8 Å². The molecule has 1 aliphatic rings. The zero-order chi connectivity index (χ0) is 27.1. The van der Waals surface area contributed by atoms with Crippen molar-refractivity contribution >= 4 is 33.3 Å². The molecule has 0 amide bonds. The molecule has 3 rings (SSSR count). The van der Waals surface area contributed by atoms with E-state index in [0.717, 1.165) is 44.7 Å². The SMILES string of the molecule is CCCN1CCN(c2ccc(C(=O)O)cc2NS(=O)(=O)c2ccc(C)cc2)CC1.O=C(O)C(F)(F)F. The van der Waals surface area contributed by atoms with Gasteiger partial charge in [0.1, 0.15) is 0 Å². The lowest BCUT2D eigenvalue weighted by atomic mass is 10.1. The van der Waals surface area contributed by atoms with Crippen LogP contribution in [-0.4, -0.2) is 74.4 Å². The van der Waals surface area contributed by atoms with Gasteiger partial charge in [0.15, 0.2) is 0 Å². The Bertz CT molecular complexity index is 1160. The highest BCUT2D eigenvalue weighted by molar-refractivity contribution is 7.92. The van der Waals surface area contributed by atoms with Crippen LogP contribution >= 0.6 is 0 Å². The molecule has 0 aliphatic carbocycles. The van der Waals surface area contributed by atoms with Gasteiger partial charge in [-0.1, -0.05) is 24.6 Å². The van der Waals surface area contributed by atoms with Gasteiger partial charge in [0.05, 0.1) is 21.8 Å². The van der Waals surface area contributed by atoms with Crippen LogP contribution in [0.3, 0.4) is 0 Å². The number of piperazine rings is 1. The predicted octanol–water partition coefficient (Wildman–Crippen LogP) is 3.66. The normalized spacial score (nSPS) is 14.5. The summed E-state index contributed by atoms with van der Waals surface area (Å²) in [7, 11) is -3.83. The van der Waals surface area contributed by atoms with Gasteiger partial charge >= 0.3 is 18.1 Å². The highest BCUT2D eigenvalue weighted by atomic mass is 32.2. The summed E-state index contributed by atoms with van der Waals surface area (Å²) in [6, 6.07) is 11.1. The number of carbonyl (C=O) groups is 2. The standard InChI is InChI=1S/C21H27N3O4S.C2HF3O2/c1-3-10-23-11-13-24(14-12-23)20-9-6-17(21(25)26)15-19(20)22-29(27,28)18-7-4-16(2)5-8-18;3-2(4,5)1(6)7/h4-9,15,22H,3,10-14H2,1-2H3,(H,25,26);(H,6,7). The number of carboxylic acids is 2. The summed E-state index contributed by atoms with van der Waals surface area (Å²) < 4.78 is 60.1. The molecule has 0 aromatic heterocycles. The topological polar surface area (TPSA) is 127 Å². The van der Waals surface area contributed by atoms with E-state index in [2.05, 4.69) is 21.4 Å². The number of aromatic carboxylic acids is 1. The zero-order valence-electron chi connectivity index (χ0n) is 19.7.